The second kappa shape index (κ2) is 7.24. The third-order valence-electron chi connectivity index (χ3n) is 2.36. The molecule has 0 aliphatic rings. The molecule has 2 aromatic rings. The van der Waals surface area contributed by atoms with Crippen molar-refractivity contribution in [3.8, 4) is 0 Å². The molecular weight excluding hydrogens is 313 g/mol. The van der Waals surface area contributed by atoms with Gasteiger partial charge in [-0.3, -0.25) is 5.43 Å². The number of hydrazone groups is 1. The second-order valence-electron chi connectivity index (χ2n) is 3.86. The minimum Gasteiger partial charge on any atom is -0.331 e. The Labute approximate surface area is 132 Å². The van der Waals surface area contributed by atoms with E-state index in [-0.39, 0.29) is 0 Å². The van der Waals surface area contributed by atoms with Crippen molar-refractivity contribution >= 4 is 52.4 Å². The van der Waals surface area contributed by atoms with Crippen molar-refractivity contribution < 1.29 is 0 Å². The largest absolute Gasteiger partial charge is 0.331 e. The molecule has 2 N–H and O–H groups in total. The smallest absolute Gasteiger partial charge is 0.191 e. The lowest BCUT2D eigenvalue weighted by atomic mass is 10.2. The number of thiocarbonyl (C=S) groups is 1. The third-order valence-corrected chi connectivity index (χ3v) is 3.13. The fourth-order valence-corrected chi connectivity index (χ4v) is 2.01. The van der Waals surface area contributed by atoms with Crippen molar-refractivity contribution in [2.24, 2.45) is 5.10 Å². The Bertz CT molecular complexity index is 644. The minimum atomic E-state index is 0.371. The van der Waals surface area contributed by atoms with E-state index in [1.54, 1.807) is 24.4 Å². The quantitative estimate of drug-likeness (QED) is 0.502. The van der Waals surface area contributed by atoms with Crippen LogP contribution >= 0.6 is 35.4 Å². The lowest BCUT2D eigenvalue weighted by Gasteiger charge is -2.07. The Morgan fingerprint density at radius 3 is 2.65 bits per heavy atom. The van der Waals surface area contributed by atoms with Gasteiger partial charge in [-0.05, 0) is 36.5 Å². The molecule has 0 fully saturated rings. The summed E-state index contributed by atoms with van der Waals surface area (Å²) in [6.07, 6.45) is 1.61. The molecule has 0 aliphatic heterocycles. The third kappa shape index (κ3) is 4.49. The zero-order valence-corrected chi connectivity index (χ0v) is 12.6. The van der Waals surface area contributed by atoms with Gasteiger partial charge in [-0.1, -0.05) is 47.5 Å². The summed E-state index contributed by atoms with van der Waals surface area (Å²) in [6, 6.07) is 14.7. The van der Waals surface area contributed by atoms with Gasteiger partial charge >= 0.3 is 0 Å². The van der Waals surface area contributed by atoms with Gasteiger partial charge in [0.25, 0.3) is 0 Å². The zero-order valence-electron chi connectivity index (χ0n) is 10.3. The maximum atomic E-state index is 6.00. The molecule has 2 aromatic carbocycles. The molecule has 6 heteroatoms. The van der Waals surface area contributed by atoms with Gasteiger partial charge in [-0.15, -0.1) is 0 Å². The normalized spacial score (nSPS) is 10.5. The molecule has 102 valence electrons. The molecule has 0 spiro atoms. The van der Waals surface area contributed by atoms with Crippen molar-refractivity contribution in [2.75, 3.05) is 5.32 Å². The fraction of sp³-hybridized carbons (Fsp3) is 0. The van der Waals surface area contributed by atoms with Crippen LogP contribution in [0, 0.1) is 0 Å². The van der Waals surface area contributed by atoms with E-state index < -0.39 is 0 Å². The molecule has 20 heavy (non-hydrogen) atoms. The van der Waals surface area contributed by atoms with Gasteiger partial charge in [-0.2, -0.15) is 5.10 Å². The van der Waals surface area contributed by atoms with Crippen molar-refractivity contribution in [2.45, 2.75) is 0 Å². The summed E-state index contributed by atoms with van der Waals surface area (Å²) in [7, 11) is 0. The Morgan fingerprint density at radius 1 is 1.10 bits per heavy atom. The maximum absolute atomic E-state index is 6.00. The molecule has 0 saturated carbocycles. The van der Waals surface area contributed by atoms with Crippen LogP contribution in [-0.4, -0.2) is 11.3 Å². The first-order valence-corrected chi connectivity index (χ1v) is 6.92. The van der Waals surface area contributed by atoms with Crippen LogP contribution in [0.2, 0.25) is 10.0 Å². The van der Waals surface area contributed by atoms with Crippen LogP contribution in [-0.2, 0) is 0 Å². The van der Waals surface area contributed by atoms with Crippen molar-refractivity contribution in [1.82, 2.24) is 5.43 Å². The van der Waals surface area contributed by atoms with E-state index in [4.69, 9.17) is 35.4 Å². The molecule has 0 amide bonds. The number of benzene rings is 2. The Morgan fingerprint density at radius 2 is 1.90 bits per heavy atom. The molecule has 0 aliphatic carbocycles. The van der Waals surface area contributed by atoms with Gasteiger partial charge < -0.3 is 5.32 Å². The van der Waals surface area contributed by atoms with Gasteiger partial charge in [0.15, 0.2) is 5.11 Å². The minimum absolute atomic E-state index is 0.371. The fourth-order valence-electron chi connectivity index (χ4n) is 1.47. The molecule has 0 saturated heterocycles. The van der Waals surface area contributed by atoms with Crippen molar-refractivity contribution in [3.05, 3.63) is 64.1 Å². The highest BCUT2D eigenvalue weighted by Gasteiger charge is 1.97. The standard InChI is InChI=1S/C14H11Cl2N3S/c15-11-5-3-6-12(8-11)18-14(20)19-17-9-10-4-1-2-7-13(10)16/h1-9H,(H2,18,19,20)/b17-9-. The summed E-state index contributed by atoms with van der Waals surface area (Å²) >= 11 is 17.0. The summed E-state index contributed by atoms with van der Waals surface area (Å²) in [5.74, 6) is 0. The second-order valence-corrected chi connectivity index (χ2v) is 5.11. The predicted molar refractivity (Wildman–Crippen MR) is 89.9 cm³/mol. The van der Waals surface area contributed by atoms with E-state index in [2.05, 4.69) is 15.8 Å². The first kappa shape index (κ1) is 14.8. The van der Waals surface area contributed by atoms with Crippen LogP contribution in [0.3, 0.4) is 0 Å². The Balaban J connectivity index is 1.91. The first-order chi connectivity index (χ1) is 9.65. The van der Waals surface area contributed by atoms with Gasteiger partial charge in [0, 0.05) is 21.3 Å². The highest BCUT2D eigenvalue weighted by Crippen LogP contribution is 2.14. The molecule has 0 bridgehead atoms. The molecule has 0 aromatic heterocycles. The number of anilines is 1. The predicted octanol–water partition coefficient (Wildman–Crippen LogP) is 4.31. The maximum Gasteiger partial charge on any atom is 0.191 e. The molecule has 0 heterocycles. The highest BCUT2D eigenvalue weighted by molar-refractivity contribution is 7.80. The molecule has 3 nitrogen and oxygen atoms in total. The van der Waals surface area contributed by atoms with Crippen LogP contribution in [0.25, 0.3) is 0 Å². The lowest BCUT2D eigenvalue weighted by Crippen LogP contribution is -2.23. The Kier molecular flexibility index (Phi) is 5.35. The van der Waals surface area contributed by atoms with Crippen molar-refractivity contribution in [3.63, 3.8) is 0 Å². The average Bonchev–Trinajstić information content (AvgIpc) is 2.41. The number of halogens is 2. The van der Waals surface area contributed by atoms with Gasteiger partial charge in [0.1, 0.15) is 0 Å². The summed E-state index contributed by atoms with van der Waals surface area (Å²) < 4.78 is 0. The highest BCUT2D eigenvalue weighted by atomic mass is 35.5. The van der Waals surface area contributed by atoms with Crippen LogP contribution in [0.4, 0.5) is 5.69 Å². The summed E-state index contributed by atoms with van der Waals surface area (Å²) in [5, 5.41) is 8.64. The molecule has 0 unspecified atom stereocenters. The van der Waals surface area contributed by atoms with Crippen LogP contribution in [0.15, 0.2) is 53.6 Å². The number of rotatable bonds is 3. The lowest BCUT2D eigenvalue weighted by molar-refractivity contribution is 1.05. The topological polar surface area (TPSA) is 36.4 Å². The van der Waals surface area contributed by atoms with Crippen LogP contribution in [0.1, 0.15) is 5.56 Å². The molecular formula is C14H11Cl2N3S. The monoisotopic (exact) mass is 323 g/mol. The first-order valence-electron chi connectivity index (χ1n) is 5.75. The number of hydrogen-bond acceptors (Lipinski definition) is 2. The zero-order chi connectivity index (χ0) is 14.4. The van der Waals surface area contributed by atoms with Crippen molar-refractivity contribution in [1.29, 1.82) is 0 Å². The van der Waals surface area contributed by atoms with Gasteiger partial charge in [-0.25, -0.2) is 0 Å². The van der Waals surface area contributed by atoms with Crippen LogP contribution in [0.5, 0.6) is 0 Å². The van der Waals surface area contributed by atoms with E-state index >= 15 is 0 Å². The molecule has 2 rings (SSSR count). The number of hydrogen-bond donors (Lipinski definition) is 2. The SMILES string of the molecule is S=C(N/N=C\c1ccccc1Cl)Nc1cccc(Cl)c1. The summed E-state index contributed by atoms with van der Waals surface area (Å²) in [5.41, 5.74) is 4.32. The van der Waals surface area contributed by atoms with Gasteiger partial charge in [0.05, 0.1) is 6.21 Å². The van der Waals surface area contributed by atoms with Crippen LogP contribution < -0.4 is 10.7 Å². The number of nitrogens with zero attached hydrogens (tertiary/aromatic N) is 1. The molecule has 0 atom stereocenters. The van der Waals surface area contributed by atoms with E-state index in [0.29, 0.717) is 15.2 Å². The van der Waals surface area contributed by atoms with E-state index in [1.165, 1.54) is 0 Å². The van der Waals surface area contributed by atoms with E-state index in [1.807, 2.05) is 30.3 Å². The van der Waals surface area contributed by atoms with E-state index in [9.17, 15) is 0 Å². The molecule has 0 radical (unpaired) electrons. The average molecular weight is 324 g/mol. The van der Waals surface area contributed by atoms with Gasteiger partial charge in [0.2, 0.25) is 0 Å². The summed E-state index contributed by atoms with van der Waals surface area (Å²) in [6.45, 7) is 0. The van der Waals surface area contributed by atoms with E-state index in [0.717, 1.165) is 11.3 Å². The summed E-state index contributed by atoms with van der Waals surface area (Å²) in [4.78, 5) is 0. The number of nitrogens with one attached hydrogen (secondary N) is 2. The Hall–Kier alpha value is -1.62.